The molecule has 3 aliphatic heterocycles. The molecule has 0 unspecified atom stereocenters. The Morgan fingerprint density at radius 3 is 2.00 bits per heavy atom. The van der Waals surface area contributed by atoms with Gasteiger partial charge in [0.05, 0.1) is 19.8 Å². The number of nitrogens with zero attached hydrogens (tertiary/aromatic N) is 4. The summed E-state index contributed by atoms with van der Waals surface area (Å²) in [5, 5.41) is 0. The first kappa shape index (κ1) is 26.7. The molecule has 0 bridgehead atoms. The van der Waals surface area contributed by atoms with Crippen molar-refractivity contribution in [1.29, 1.82) is 0 Å². The van der Waals surface area contributed by atoms with Crippen molar-refractivity contribution in [2.75, 3.05) is 72.6 Å². The number of carbonyl (C=O) groups is 3. The van der Waals surface area contributed by atoms with Gasteiger partial charge in [0.25, 0.3) is 0 Å². The molecule has 0 aromatic heterocycles. The molecule has 194 valence electrons. The highest BCUT2D eigenvalue weighted by Gasteiger charge is 2.32. The molecule has 3 heterocycles. The van der Waals surface area contributed by atoms with Crippen LogP contribution in [0.4, 0.5) is 4.79 Å². The Morgan fingerprint density at radius 1 is 0.824 bits per heavy atom. The van der Waals surface area contributed by atoms with Crippen molar-refractivity contribution < 1.29 is 28.6 Å². The van der Waals surface area contributed by atoms with Gasteiger partial charge in [-0.25, -0.2) is 4.79 Å². The average molecular weight is 483 g/mol. The Kier molecular flexibility index (Phi) is 9.56. The maximum absolute atomic E-state index is 12.7. The number of likely N-dealkylation sites (tertiary alicyclic amines) is 2. The minimum atomic E-state index is -0.470. The quantitative estimate of drug-likeness (QED) is 0.522. The molecule has 3 rings (SSSR count). The second-order valence-electron chi connectivity index (χ2n) is 10.5. The number of piperazine rings is 1. The Bertz CT molecular complexity index is 688. The van der Waals surface area contributed by atoms with Crippen LogP contribution in [-0.2, 0) is 23.8 Å². The van der Waals surface area contributed by atoms with Crippen molar-refractivity contribution in [3.05, 3.63) is 0 Å². The first-order chi connectivity index (χ1) is 16.1. The minimum Gasteiger partial charge on any atom is -0.468 e. The van der Waals surface area contributed by atoms with E-state index in [2.05, 4.69) is 9.80 Å². The van der Waals surface area contributed by atoms with Gasteiger partial charge in [-0.05, 0) is 46.5 Å². The van der Waals surface area contributed by atoms with Crippen molar-refractivity contribution in [2.45, 2.75) is 64.2 Å². The van der Waals surface area contributed by atoms with Crippen molar-refractivity contribution in [2.24, 2.45) is 0 Å². The van der Waals surface area contributed by atoms with Crippen molar-refractivity contribution >= 4 is 18.0 Å². The van der Waals surface area contributed by atoms with E-state index in [0.29, 0.717) is 38.8 Å². The van der Waals surface area contributed by atoms with Crippen LogP contribution in [-0.4, -0.2) is 128 Å². The first-order valence-corrected chi connectivity index (χ1v) is 12.5. The molecule has 10 heteroatoms. The molecule has 34 heavy (non-hydrogen) atoms. The number of rotatable bonds is 6. The molecule has 0 atom stereocenters. The summed E-state index contributed by atoms with van der Waals surface area (Å²) in [6, 6.07) is 0.447. The predicted molar refractivity (Wildman–Crippen MR) is 126 cm³/mol. The minimum absolute atomic E-state index is 0.0522. The van der Waals surface area contributed by atoms with Gasteiger partial charge in [-0.15, -0.1) is 0 Å². The van der Waals surface area contributed by atoms with Crippen LogP contribution < -0.4 is 0 Å². The molecule has 2 amide bonds. The van der Waals surface area contributed by atoms with E-state index in [1.165, 1.54) is 7.11 Å². The van der Waals surface area contributed by atoms with Crippen LogP contribution in [0, 0.1) is 0 Å². The SMILES string of the molecule is COC(=O)CN1CCC(OCC(=O)N2CCN(C3CCN(C(=O)OC(C)(C)C)CC3)CC2)CC1. The van der Waals surface area contributed by atoms with E-state index in [1.54, 1.807) is 4.90 Å². The van der Waals surface area contributed by atoms with Crippen LogP contribution in [0.1, 0.15) is 46.5 Å². The van der Waals surface area contributed by atoms with E-state index in [9.17, 15) is 14.4 Å². The van der Waals surface area contributed by atoms with Gasteiger partial charge in [-0.1, -0.05) is 0 Å². The largest absolute Gasteiger partial charge is 0.468 e. The second-order valence-corrected chi connectivity index (χ2v) is 10.5. The maximum atomic E-state index is 12.7. The van der Waals surface area contributed by atoms with E-state index in [-0.39, 0.29) is 30.7 Å². The molecule has 10 nitrogen and oxygen atoms in total. The van der Waals surface area contributed by atoms with Gasteiger partial charge < -0.3 is 24.0 Å². The number of hydrogen-bond donors (Lipinski definition) is 0. The normalized spacial score (nSPS) is 22.0. The Hall–Kier alpha value is -1.91. The number of piperidine rings is 2. The highest BCUT2D eigenvalue weighted by molar-refractivity contribution is 5.77. The number of amides is 2. The lowest BCUT2D eigenvalue weighted by atomic mass is 10.0. The molecule has 0 radical (unpaired) electrons. The third-order valence-corrected chi connectivity index (χ3v) is 6.86. The fourth-order valence-corrected chi connectivity index (χ4v) is 4.84. The zero-order valence-electron chi connectivity index (χ0n) is 21.3. The predicted octanol–water partition coefficient (Wildman–Crippen LogP) is 1.18. The van der Waals surface area contributed by atoms with Gasteiger partial charge >= 0.3 is 12.1 Å². The summed E-state index contributed by atoms with van der Waals surface area (Å²) in [7, 11) is 1.40. The fourth-order valence-electron chi connectivity index (χ4n) is 4.84. The topological polar surface area (TPSA) is 91.9 Å². The van der Waals surface area contributed by atoms with Gasteiger partial charge in [0.2, 0.25) is 5.91 Å². The van der Waals surface area contributed by atoms with Crippen LogP contribution in [0.2, 0.25) is 0 Å². The number of methoxy groups -OCH3 is 1. The van der Waals surface area contributed by atoms with E-state index < -0.39 is 5.60 Å². The second kappa shape index (κ2) is 12.2. The monoisotopic (exact) mass is 482 g/mol. The van der Waals surface area contributed by atoms with E-state index in [1.807, 2.05) is 25.7 Å². The molecule has 0 spiro atoms. The Balaban J connectivity index is 1.30. The van der Waals surface area contributed by atoms with Crippen molar-refractivity contribution in [3.8, 4) is 0 Å². The molecule has 3 fully saturated rings. The fraction of sp³-hybridized carbons (Fsp3) is 0.875. The van der Waals surface area contributed by atoms with Gasteiger partial charge in [0, 0.05) is 58.4 Å². The smallest absolute Gasteiger partial charge is 0.410 e. The van der Waals surface area contributed by atoms with Gasteiger partial charge in [-0.3, -0.25) is 19.4 Å². The molecule has 0 aromatic carbocycles. The molecule has 0 aromatic rings. The molecular formula is C24H42N4O6. The highest BCUT2D eigenvalue weighted by Crippen LogP contribution is 2.21. The van der Waals surface area contributed by atoms with Crippen LogP contribution in [0.15, 0.2) is 0 Å². The van der Waals surface area contributed by atoms with Crippen LogP contribution in [0.25, 0.3) is 0 Å². The zero-order chi connectivity index (χ0) is 24.7. The van der Waals surface area contributed by atoms with Crippen molar-refractivity contribution in [3.63, 3.8) is 0 Å². The summed E-state index contributed by atoms with van der Waals surface area (Å²) in [5.74, 6) is -0.168. The Labute approximate surface area is 203 Å². The summed E-state index contributed by atoms with van der Waals surface area (Å²) in [6.45, 7) is 12.2. The van der Waals surface area contributed by atoms with Gasteiger partial charge in [0.15, 0.2) is 0 Å². The third kappa shape index (κ3) is 8.09. The van der Waals surface area contributed by atoms with Crippen molar-refractivity contribution in [1.82, 2.24) is 19.6 Å². The highest BCUT2D eigenvalue weighted by atomic mass is 16.6. The number of carbonyl (C=O) groups excluding carboxylic acids is 3. The standard InChI is InChI=1S/C24H42N4O6/c1-24(2,3)34-23(31)28-11-5-19(6-12-28)26-13-15-27(16-14-26)21(29)18-33-20-7-9-25(10-8-20)17-22(30)32-4/h19-20H,5-18H2,1-4H3. The number of hydrogen-bond acceptors (Lipinski definition) is 8. The lowest BCUT2D eigenvalue weighted by Gasteiger charge is -2.42. The van der Waals surface area contributed by atoms with Gasteiger partial charge in [0.1, 0.15) is 12.2 Å². The van der Waals surface area contributed by atoms with Crippen LogP contribution >= 0.6 is 0 Å². The summed E-state index contributed by atoms with van der Waals surface area (Å²) >= 11 is 0. The lowest BCUT2D eigenvalue weighted by molar-refractivity contribution is -0.143. The van der Waals surface area contributed by atoms with Gasteiger partial charge in [-0.2, -0.15) is 0 Å². The third-order valence-electron chi connectivity index (χ3n) is 6.86. The molecule has 3 saturated heterocycles. The van der Waals surface area contributed by atoms with E-state index in [0.717, 1.165) is 51.9 Å². The number of ether oxygens (including phenoxy) is 3. The molecule has 0 N–H and O–H groups in total. The molecule has 0 saturated carbocycles. The van der Waals surface area contributed by atoms with E-state index >= 15 is 0 Å². The maximum Gasteiger partial charge on any atom is 0.410 e. The average Bonchev–Trinajstić information content (AvgIpc) is 2.82. The summed E-state index contributed by atoms with van der Waals surface area (Å²) < 4.78 is 16.1. The van der Waals surface area contributed by atoms with E-state index in [4.69, 9.17) is 14.2 Å². The lowest BCUT2D eigenvalue weighted by Crippen LogP contribution is -2.55. The zero-order valence-corrected chi connectivity index (χ0v) is 21.3. The Morgan fingerprint density at radius 2 is 1.44 bits per heavy atom. The molecule has 0 aliphatic carbocycles. The molecular weight excluding hydrogens is 440 g/mol. The summed E-state index contributed by atoms with van der Waals surface area (Å²) in [5.41, 5.74) is -0.470. The number of esters is 1. The van der Waals surface area contributed by atoms with Crippen LogP contribution in [0.5, 0.6) is 0 Å². The first-order valence-electron chi connectivity index (χ1n) is 12.5. The molecule has 3 aliphatic rings. The van der Waals surface area contributed by atoms with Crippen LogP contribution in [0.3, 0.4) is 0 Å². The summed E-state index contributed by atoms with van der Waals surface area (Å²) in [6.07, 6.45) is 3.35. The summed E-state index contributed by atoms with van der Waals surface area (Å²) in [4.78, 5) is 44.5.